The minimum atomic E-state index is -0.441. The van der Waals surface area contributed by atoms with Crippen LogP contribution in [0.15, 0.2) is 12.1 Å². The Morgan fingerprint density at radius 2 is 1.77 bits per heavy atom. The van der Waals surface area contributed by atoms with Crippen molar-refractivity contribution in [1.29, 1.82) is 0 Å². The van der Waals surface area contributed by atoms with Gasteiger partial charge in [-0.1, -0.05) is 0 Å². The molecule has 0 aliphatic heterocycles. The fourth-order valence-electron chi connectivity index (χ4n) is 1.46. The Bertz CT molecular complexity index is 287. The molecule has 0 amide bonds. The molecule has 0 heterocycles. The first kappa shape index (κ1) is 10.4. The van der Waals surface area contributed by atoms with Gasteiger partial charge in [0.15, 0.2) is 0 Å². The third kappa shape index (κ3) is 2.14. The smallest absolute Gasteiger partial charge is 0.124 e. The zero-order valence-corrected chi connectivity index (χ0v) is 8.85. The first-order valence-electron chi connectivity index (χ1n) is 4.11. The van der Waals surface area contributed by atoms with E-state index < -0.39 is 5.50 Å². The van der Waals surface area contributed by atoms with Crippen molar-refractivity contribution in [1.82, 2.24) is 0 Å². The fraction of sp³-hybridized carbons (Fsp3) is 0.400. The molecule has 0 saturated carbocycles. The van der Waals surface area contributed by atoms with E-state index in [2.05, 4.69) is 0 Å². The second kappa shape index (κ2) is 3.99. The van der Waals surface area contributed by atoms with Crippen LogP contribution in [0, 0.1) is 13.8 Å². The summed E-state index contributed by atoms with van der Waals surface area (Å²) in [6.45, 7) is 3.96. The Kier molecular flexibility index (Phi) is 3.17. The molecule has 1 unspecified atom stereocenters. The maximum absolute atomic E-state index is 5.78. The van der Waals surface area contributed by atoms with E-state index in [1.807, 2.05) is 26.0 Å². The van der Waals surface area contributed by atoms with Crippen LogP contribution in [0.2, 0.25) is 0 Å². The third-order valence-corrected chi connectivity index (χ3v) is 2.26. The van der Waals surface area contributed by atoms with Crippen LogP contribution in [-0.2, 0) is 0 Å². The standard InChI is InChI=1S/C10H14ClNO/c1-6-4-8(10(11)12)5-7(2)9(6)13-3/h4-5,10H,12H2,1-3H3. The lowest BCUT2D eigenvalue weighted by Gasteiger charge is -2.12. The number of ether oxygens (including phenoxy) is 1. The highest BCUT2D eigenvalue weighted by Gasteiger charge is 2.08. The van der Waals surface area contributed by atoms with Crippen LogP contribution in [-0.4, -0.2) is 7.11 Å². The van der Waals surface area contributed by atoms with Gasteiger partial charge < -0.3 is 10.5 Å². The Morgan fingerprint density at radius 1 is 1.31 bits per heavy atom. The van der Waals surface area contributed by atoms with E-state index in [-0.39, 0.29) is 0 Å². The molecule has 0 saturated heterocycles. The van der Waals surface area contributed by atoms with Crippen LogP contribution in [0.5, 0.6) is 5.75 Å². The molecule has 72 valence electrons. The first-order chi connectivity index (χ1) is 6.06. The van der Waals surface area contributed by atoms with Crippen molar-refractivity contribution in [3.63, 3.8) is 0 Å². The maximum Gasteiger partial charge on any atom is 0.124 e. The van der Waals surface area contributed by atoms with Crippen molar-refractivity contribution in [2.75, 3.05) is 7.11 Å². The van der Waals surface area contributed by atoms with E-state index >= 15 is 0 Å². The van der Waals surface area contributed by atoms with E-state index in [4.69, 9.17) is 22.1 Å². The predicted molar refractivity (Wildman–Crippen MR) is 55.2 cm³/mol. The Hall–Kier alpha value is -0.730. The topological polar surface area (TPSA) is 35.2 Å². The summed E-state index contributed by atoms with van der Waals surface area (Å²) in [7, 11) is 1.66. The van der Waals surface area contributed by atoms with E-state index in [0.29, 0.717) is 0 Å². The molecule has 0 spiro atoms. The minimum Gasteiger partial charge on any atom is -0.496 e. The average Bonchev–Trinajstić information content (AvgIpc) is 2.03. The molecule has 0 bridgehead atoms. The van der Waals surface area contributed by atoms with Crippen LogP contribution in [0.3, 0.4) is 0 Å². The Balaban J connectivity index is 3.20. The molecule has 1 aromatic carbocycles. The maximum atomic E-state index is 5.78. The molecule has 0 aromatic heterocycles. The third-order valence-electron chi connectivity index (χ3n) is 2.01. The van der Waals surface area contributed by atoms with Crippen molar-refractivity contribution in [2.24, 2.45) is 5.73 Å². The number of halogens is 1. The monoisotopic (exact) mass is 199 g/mol. The number of benzene rings is 1. The van der Waals surface area contributed by atoms with Gasteiger partial charge in [-0.15, -0.1) is 11.6 Å². The highest BCUT2D eigenvalue weighted by atomic mass is 35.5. The van der Waals surface area contributed by atoms with Gasteiger partial charge in [-0.3, -0.25) is 0 Å². The van der Waals surface area contributed by atoms with Crippen molar-refractivity contribution < 1.29 is 4.74 Å². The average molecular weight is 200 g/mol. The lowest BCUT2D eigenvalue weighted by atomic mass is 10.1. The molecule has 0 radical (unpaired) electrons. The van der Waals surface area contributed by atoms with Crippen molar-refractivity contribution >= 4 is 11.6 Å². The van der Waals surface area contributed by atoms with E-state index in [1.165, 1.54) is 0 Å². The molecular formula is C10H14ClNO. The van der Waals surface area contributed by atoms with Crippen LogP contribution in [0.1, 0.15) is 22.2 Å². The van der Waals surface area contributed by atoms with Gasteiger partial charge in [0.25, 0.3) is 0 Å². The molecule has 1 rings (SSSR count). The summed E-state index contributed by atoms with van der Waals surface area (Å²) in [5.41, 5.74) is 8.18. The highest BCUT2D eigenvalue weighted by Crippen LogP contribution is 2.27. The SMILES string of the molecule is COc1c(C)cc(C(N)Cl)cc1C. The molecule has 0 fully saturated rings. The molecule has 1 atom stereocenters. The quantitative estimate of drug-likeness (QED) is 0.587. The van der Waals surface area contributed by atoms with Crippen LogP contribution >= 0.6 is 11.6 Å². The summed E-state index contributed by atoms with van der Waals surface area (Å²) < 4.78 is 5.23. The Labute approximate surface area is 83.6 Å². The van der Waals surface area contributed by atoms with Gasteiger partial charge in [0, 0.05) is 0 Å². The molecule has 3 heteroatoms. The van der Waals surface area contributed by atoms with Gasteiger partial charge in [-0.25, -0.2) is 0 Å². The number of aryl methyl sites for hydroxylation is 2. The van der Waals surface area contributed by atoms with E-state index in [0.717, 1.165) is 22.4 Å². The normalized spacial score (nSPS) is 12.7. The number of hydrogen-bond acceptors (Lipinski definition) is 2. The molecule has 0 aliphatic rings. The first-order valence-corrected chi connectivity index (χ1v) is 4.54. The molecule has 1 aromatic rings. The number of hydrogen-bond donors (Lipinski definition) is 1. The number of methoxy groups -OCH3 is 1. The summed E-state index contributed by atoms with van der Waals surface area (Å²) in [6, 6.07) is 3.90. The summed E-state index contributed by atoms with van der Waals surface area (Å²) >= 11 is 5.78. The second-order valence-electron chi connectivity index (χ2n) is 3.09. The van der Waals surface area contributed by atoms with Gasteiger partial charge in [0.2, 0.25) is 0 Å². The van der Waals surface area contributed by atoms with Crippen molar-refractivity contribution in [3.05, 3.63) is 28.8 Å². The fourth-order valence-corrected chi connectivity index (χ4v) is 1.59. The molecule has 2 N–H and O–H groups in total. The van der Waals surface area contributed by atoms with E-state index in [1.54, 1.807) is 7.11 Å². The van der Waals surface area contributed by atoms with Crippen LogP contribution in [0.25, 0.3) is 0 Å². The number of nitrogens with two attached hydrogens (primary N) is 1. The summed E-state index contributed by atoms with van der Waals surface area (Å²) in [5, 5.41) is 0. The van der Waals surface area contributed by atoms with Crippen LogP contribution < -0.4 is 10.5 Å². The molecule has 13 heavy (non-hydrogen) atoms. The lowest BCUT2D eigenvalue weighted by molar-refractivity contribution is 0.408. The molecule has 0 aliphatic carbocycles. The molecule has 2 nitrogen and oxygen atoms in total. The predicted octanol–water partition coefficient (Wildman–Crippen LogP) is 2.51. The number of rotatable bonds is 2. The zero-order chi connectivity index (χ0) is 10.0. The largest absolute Gasteiger partial charge is 0.496 e. The summed E-state index contributed by atoms with van der Waals surface area (Å²) in [6.07, 6.45) is 0. The summed E-state index contributed by atoms with van der Waals surface area (Å²) in [4.78, 5) is 0. The minimum absolute atomic E-state index is 0.441. The summed E-state index contributed by atoms with van der Waals surface area (Å²) in [5.74, 6) is 0.904. The van der Waals surface area contributed by atoms with Crippen molar-refractivity contribution in [2.45, 2.75) is 19.3 Å². The molecular weight excluding hydrogens is 186 g/mol. The van der Waals surface area contributed by atoms with Gasteiger partial charge in [-0.2, -0.15) is 0 Å². The highest BCUT2D eigenvalue weighted by molar-refractivity contribution is 6.20. The van der Waals surface area contributed by atoms with Gasteiger partial charge in [0.1, 0.15) is 11.3 Å². The zero-order valence-electron chi connectivity index (χ0n) is 8.10. The van der Waals surface area contributed by atoms with Gasteiger partial charge >= 0.3 is 0 Å². The lowest BCUT2D eigenvalue weighted by Crippen LogP contribution is -2.03. The van der Waals surface area contributed by atoms with Crippen molar-refractivity contribution in [3.8, 4) is 5.75 Å². The van der Waals surface area contributed by atoms with Gasteiger partial charge in [-0.05, 0) is 42.7 Å². The van der Waals surface area contributed by atoms with Gasteiger partial charge in [0.05, 0.1) is 7.11 Å². The second-order valence-corrected chi connectivity index (χ2v) is 3.56. The van der Waals surface area contributed by atoms with Crippen LogP contribution in [0.4, 0.5) is 0 Å². The van der Waals surface area contributed by atoms with E-state index in [9.17, 15) is 0 Å². The number of alkyl halides is 1. The Morgan fingerprint density at radius 3 is 2.08 bits per heavy atom.